The minimum atomic E-state index is -0.375. The lowest BCUT2D eigenvalue weighted by Gasteiger charge is -2.34. The molecule has 1 atom stereocenters. The third-order valence-electron chi connectivity index (χ3n) is 3.78. The van der Waals surface area contributed by atoms with Crippen LogP contribution in [0.4, 0.5) is 11.4 Å². The number of nitrogens with zero attached hydrogens (tertiary/aromatic N) is 1. The van der Waals surface area contributed by atoms with Crippen molar-refractivity contribution in [2.45, 2.75) is 40.7 Å². The van der Waals surface area contributed by atoms with Crippen molar-refractivity contribution in [3.63, 3.8) is 0 Å². The molecule has 0 fully saturated rings. The highest BCUT2D eigenvalue weighted by molar-refractivity contribution is 6.07. The maximum absolute atomic E-state index is 12.4. The molecule has 1 N–H and O–H groups in total. The highest BCUT2D eigenvalue weighted by atomic mass is 16.5. The van der Waals surface area contributed by atoms with Gasteiger partial charge in [0, 0.05) is 0 Å². The number of anilines is 2. The highest BCUT2D eigenvalue weighted by Crippen LogP contribution is 2.33. The zero-order valence-electron chi connectivity index (χ0n) is 13.9. The molecule has 1 aliphatic rings. The van der Waals surface area contributed by atoms with Crippen molar-refractivity contribution in [3.05, 3.63) is 23.3 Å². The summed E-state index contributed by atoms with van der Waals surface area (Å²) in [6.07, 6.45) is 0. The standard InChI is InChI=1S/C17H24N2O3/c1-10(2)9-22-16(20)8-19-15-7-12(4)11(3)6-14(15)18-13(5)17(19)21/h6-7,10,13,18H,8-9H2,1-5H3. The Hall–Kier alpha value is -2.04. The van der Waals surface area contributed by atoms with Gasteiger partial charge < -0.3 is 10.1 Å². The first kappa shape index (κ1) is 16.3. The van der Waals surface area contributed by atoms with Crippen LogP contribution in [-0.4, -0.2) is 31.1 Å². The Kier molecular flexibility index (Phi) is 4.74. The molecule has 0 bridgehead atoms. The van der Waals surface area contributed by atoms with E-state index >= 15 is 0 Å². The van der Waals surface area contributed by atoms with E-state index in [4.69, 9.17) is 4.74 Å². The number of fused-ring (bicyclic) bond motifs is 1. The lowest BCUT2D eigenvalue weighted by molar-refractivity contribution is -0.144. The van der Waals surface area contributed by atoms with E-state index in [1.165, 1.54) is 4.90 Å². The molecule has 1 heterocycles. The third-order valence-corrected chi connectivity index (χ3v) is 3.78. The highest BCUT2D eigenvalue weighted by Gasteiger charge is 2.31. The number of ether oxygens (including phenoxy) is 1. The third kappa shape index (κ3) is 3.40. The first-order chi connectivity index (χ1) is 10.3. The van der Waals surface area contributed by atoms with Crippen LogP contribution in [0.15, 0.2) is 12.1 Å². The molecular formula is C17H24N2O3. The van der Waals surface area contributed by atoms with E-state index in [1.54, 1.807) is 6.92 Å². The fourth-order valence-corrected chi connectivity index (χ4v) is 2.38. The second kappa shape index (κ2) is 6.38. The number of benzene rings is 1. The molecule has 0 aromatic heterocycles. The van der Waals surface area contributed by atoms with Crippen molar-refractivity contribution in [2.75, 3.05) is 23.4 Å². The van der Waals surface area contributed by atoms with Crippen LogP contribution < -0.4 is 10.2 Å². The van der Waals surface area contributed by atoms with Crippen molar-refractivity contribution in [2.24, 2.45) is 5.92 Å². The number of amides is 1. The number of aryl methyl sites for hydroxylation is 2. The van der Waals surface area contributed by atoms with E-state index in [2.05, 4.69) is 5.32 Å². The molecule has 120 valence electrons. The van der Waals surface area contributed by atoms with Crippen molar-refractivity contribution in [3.8, 4) is 0 Å². The first-order valence-electron chi connectivity index (χ1n) is 7.64. The summed E-state index contributed by atoms with van der Waals surface area (Å²) in [5, 5.41) is 3.19. The molecule has 22 heavy (non-hydrogen) atoms. The summed E-state index contributed by atoms with van der Waals surface area (Å²) in [4.78, 5) is 25.9. The Balaban J connectivity index is 2.25. The molecule has 1 aliphatic heterocycles. The number of carbonyl (C=O) groups is 2. The quantitative estimate of drug-likeness (QED) is 0.869. The van der Waals surface area contributed by atoms with E-state index < -0.39 is 0 Å². The zero-order valence-corrected chi connectivity index (χ0v) is 13.9. The maximum atomic E-state index is 12.4. The molecule has 5 heteroatoms. The fourth-order valence-electron chi connectivity index (χ4n) is 2.38. The number of rotatable bonds is 4. The van der Waals surface area contributed by atoms with Crippen molar-refractivity contribution in [1.29, 1.82) is 0 Å². The summed E-state index contributed by atoms with van der Waals surface area (Å²) in [6.45, 7) is 10.1. The number of esters is 1. The normalized spacial score (nSPS) is 17.3. The number of nitrogens with one attached hydrogen (secondary N) is 1. The monoisotopic (exact) mass is 304 g/mol. The van der Waals surface area contributed by atoms with Crippen LogP contribution in [-0.2, 0) is 14.3 Å². The van der Waals surface area contributed by atoms with Crippen LogP contribution in [0.2, 0.25) is 0 Å². The second-order valence-corrected chi connectivity index (χ2v) is 6.32. The Morgan fingerprint density at radius 3 is 2.59 bits per heavy atom. The summed E-state index contributed by atoms with van der Waals surface area (Å²) in [7, 11) is 0. The van der Waals surface area contributed by atoms with E-state index in [-0.39, 0.29) is 30.4 Å². The van der Waals surface area contributed by atoms with Gasteiger partial charge in [-0.25, -0.2) is 0 Å². The topological polar surface area (TPSA) is 58.6 Å². The van der Waals surface area contributed by atoms with Crippen molar-refractivity contribution >= 4 is 23.3 Å². The largest absolute Gasteiger partial charge is 0.464 e. The minimum absolute atomic E-state index is 0.0485. The van der Waals surface area contributed by atoms with E-state index in [9.17, 15) is 9.59 Å². The Labute approximate surface area is 131 Å². The van der Waals surface area contributed by atoms with Gasteiger partial charge >= 0.3 is 5.97 Å². The van der Waals surface area contributed by atoms with Gasteiger partial charge in [-0.3, -0.25) is 14.5 Å². The molecule has 0 saturated carbocycles. The van der Waals surface area contributed by atoms with Crippen LogP contribution in [0.1, 0.15) is 31.9 Å². The second-order valence-electron chi connectivity index (χ2n) is 6.32. The van der Waals surface area contributed by atoms with Crippen molar-refractivity contribution < 1.29 is 14.3 Å². The smallest absolute Gasteiger partial charge is 0.326 e. The van der Waals surface area contributed by atoms with E-state index in [1.807, 2.05) is 39.8 Å². The van der Waals surface area contributed by atoms with Gasteiger partial charge in [0.1, 0.15) is 12.6 Å². The van der Waals surface area contributed by atoms with Gasteiger partial charge in [-0.05, 0) is 49.9 Å². The summed E-state index contributed by atoms with van der Waals surface area (Å²) in [6, 6.07) is 3.60. The Morgan fingerprint density at radius 2 is 1.95 bits per heavy atom. The molecule has 1 unspecified atom stereocenters. The van der Waals surface area contributed by atoms with Gasteiger partial charge in [0.2, 0.25) is 5.91 Å². The van der Waals surface area contributed by atoms with Gasteiger partial charge in [0.05, 0.1) is 18.0 Å². The molecule has 0 radical (unpaired) electrons. The summed E-state index contributed by atoms with van der Waals surface area (Å²) in [5.41, 5.74) is 3.86. The molecule has 0 aliphatic carbocycles. The summed E-state index contributed by atoms with van der Waals surface area (Å²) < 4.78 is 5.21. The van der Waals surface area contributed by atoms with Gasteiger partial charge in [-0.15, -0.1) is 0 Å². The lowest BCUT2D eigenvalue weighted by Crippen LogP contribution is -2.48. The van der Waals surface area contributed by atoms with Crippen LogP contribution in [0.25, 0.3) is 0 Å². The van der Waals surface area contributed by atoms with Crippen LogP contribution >= 0.6 is 0 Å². The zero-order chi connectivity index (χ0) is 16.4. The van der Waals surface area contributed by atoms with Gasteiger partial charge in [-0.1, -0.05) is 13.8 Å². The predicted octanol–water partition coefficient (Wildman–Crippen LogP) is 2.65. The van der Waals surface area contributed by atoms with E-state index in [0.29, 0.717) is 6.61 Å². The first-order valence-corrected chi connectivity index (χ1v) is 7.64. The molecule has 1 amide bonds. The molecule has 2 rings (SSSR count). The molecule has 0 spiro atoms. The number of hydrogen-bond donors (Lipinski definition) is 1. The van der Waals surface area contributed by atoms with Gasteiger partial charge in [-0.2, -0.15) is 0 Å². The predicted molar refractivity (Wildman–Crippen MR) is 87.2 cm³/mol. The number of hydrogen-bond acceptors (Lipinski definition) is 4. The number of carbonyl (C=O) groups excluding carboxylic acids is 2. The Morgan fingerprint density at radius 1 is 1.32 bits per heavy atom. The van der Waals surface area contributed by atoms with Crippen LogP contribution in [0, 0.1) is 19.8 Å². The minimum Gasteiger partial charge on any atom is -0.464 e. The molecular weight excluding hydrogens is 280 g/mol. The average molecular weight is 304 g/mol. The van der Waals surface area contributed by atoms with Gasteiger partial charge in [0.15, 0.2) is 0 Å². The molecule has 1 aromatic rings. The van der Waals surface area contributed by atoms with E-state index in [0.717, 1.165) is 22.5 Å². The molecule has 0 saturated heterocycles. The fraction of sp³-hybridized carbons (Fsp3) is 0.529. The summed E-state index contributed by atoms with van der Waals surface area (Å²) >= 11 is 0. The van der Waals surface area contributed by atoms with Crippen LogP contribution in [0.5, 0.6) is 0 Å². The average Bonchev–Trinajstić information content (AvgIpc) is 2.44. The van der Waals surface area contributed by atoms with Gasteiger partial charge in [0.25, 0.3) is 0 Å². The van der Waals surface area contributed by atoms with Crippen molar-refractivity contribution in [1.82, 2.24) is 0 Å². The molecule has 5 nitrogen and oxygen atoms in total. The van der Waals surface area contributed by atoms with Crippen LogP contribution in [0.3, 0.4) is 0 Å². The SMILES string of the molecule is Cc1cc2c(cc1C)N(CC(=O)OCC(C)C)C(=O)C(C)N2. The maximum Gasteiger partial charge on any atom is 0.326 e. The lowest BCUT2D eigenvalue weighted by atomic mass is 10.0. The molecule has 1 aromatic carbocycles. The summed E-state index contributed by atoms with van der Waals surface area (Å²) in [5.74, 6) is -0.212. The Bertz CT molecular complexity index is 596.